The number of hydrogen-bond acceptors (Lipinski definition) is 2. The largest absolute Gasteiger partial charge is 0.338 e. The lowest BCUT2D eigenvalue weighted by molar-refractivity contribution is -0.142. The van der Waals surface area contributed by atoms with Gasteiger partial charge < -0.3 is 9.80 Å². The summed E-state index contributed by atoms with van der Waals surface area (Å²) in [5.41, 5.74) is 2.80. The summed E-state index contributed by atoms with van der Waals surface area (Å²) in [6, 6.07) is 8.85. The Kier molecular flexibility index (Phi) is 6.70. The summed E-state index contributed by atoms with van der Waals surface area (Å²) in [7, 11) is 0. The molecular formula is C22H32N2O2. The highest BCUT2D eigenvalue weighted by Crippen LogP contribution is 2.25. The van der Waals surface area contributed by atoms with Crippen LogP contribution in [-0.2, 0) is 22.4 Å². The van der Waals surface area contributed by atoms with E-state index in [0.29, 0.717) is 6.42 Å². The van der Waals surface area contributed by atoms with E-state index in [0.717, 1.165) is 64.5 Å². The second-order valence-electron chi connectivity index (χ2n) is 7.73. The van der Waals surface area contributed by atoms with Crippen molar-refractivity contribution in [2.24, 2.45) is 0 Å². The highest BCUT2D eigenvalue weighted by molar-refractivity contribution is 5.85. The molecule has 2 amide bonds. The molecule has 1 aromatic rings. The van der Waals surface area contributed by atoms with Gasteiger partial charge in [-0.3, -0.25) is 9.59 Å². The van der Waals surface area contributed by atoms with Crippen LogP contribution in [-0.4, -0.2) is 47.3 Å². The fourth-order valence-corrected chi connectivity index (χ4v) is 4.33. The zero-order valence-electron chi connectivity index (χ0n) is 16.1. The molecule has 2 aliphatic rings. The first-order valence-corrected chi connectivity index (χ1v) is 10.3. The summed E-state index contributed by atoms with van der Waals surface area (Å²) in [4.78, 5) is 29.3. The molecule has 3 rings (SSSR count). The van der Waals surface area contributed by atoms with Gasteiger partial charge in [-0.2, -0.15) is 0 Å². The summed E-state index contributed by atoms with van der Waals surface area (Å²) >= 11 is 0. The van der Waals surface area contributed by atoms with Gasteiger partial charge in [0.15, 0.2) is 0 Å². The van der Waals surface area contributed by atoms with Gasteiger partial charge >= 0.3 is 0 Å². The van der Waals surface area contributed by atoms with Crippen LogP contribution in [0.3, 0.4) is 0 Å². The van der Waals surface area contributed by atoms with Crippen LogP contribution in [0.2, 0.25) is 0 Å². The molecule has 142 valence electrons. The van der Waals surface area contributed by atoms with E-state index in [1.807, 2.05) is 0 Å². The maximum absolute atomic E-state index is 13.1. The number of hydrogen-bond donors (Lipinski definition) is 0. The molecule has 0 N–H and O–H groups in total. The summed E-state index contributed by atoms with van der Waals surface area (Å²) < 4.78 is 0. The van der Waals surface area contributed by atoms with Crippen molar-refractivity contribution in [3.63, 3.8) is 0 Å². The van der Waals surface area contributed by atoms with E-state index in [9.17, 15) is 9.59 Å². The predicted octanol–water partition coefficient (Wildman–Crippen LogP) is 3.58. The quantitative estimate of drug-likeness (QED) is 0.809. The Morgan fingerprint density at radius 3 is 2.69 bits per heavy atom. The van der Waals surface area contributed by atoms with Crippen LogP contribution < -0.4 is 0 Å². The van der Waals surface area contributed by atoms with Crippen molar-refractivity contribution in [3.05, 3.63) is 35.4 Å². The second-order valence-corrected chi connectivity index (χ2v) is 7.73. The van der Waals surface area contributed by atoms with Gasteiger partial charge in [-0.05, 0) is 49.7 Å². The molecule has 0 saturated carbocycles. The molecule has 1 saturated heterocycles. The minimum Gasteiger partial charge on any atom is -0.338 e. The average Bonchev–Trinajstić information content (AvgIpc) is 2.65. The Morgan fingerprint density at radius 1 is 1.12 bits per heavy atom. The third-order valence-corrected chi connectivity index (χ3v) is 5.79. The minimum atomic E-state index is 0.130. The SMILES string of the molecule is CCCN(C(=O)CN1CCCCCCC1=O)C1CCc2ccccc2C1. The second kappa shape index (κ2) is 9.20. The van der Waals surface area contributed by atoms with E-state index >= 15 is 0 Å². The molecule has 4 nitrogen and oxygen atoms in total. The van der Waals surface area contributed by atoms with Crippen LogP contribution in [0.1, 0.15) is 63.0 Å². The van der Waals surface area contributed by atoms with Gasteiger partial charge in [-0.15, -0.1) is 0 Å². The fourth-order valence-electron chi connectivity index (χ4n) is 4.33. The Labute approximate surface area is 157 Å². The first kappa shape index (κ1) is 18.9. The van der Waals surface area contributed by atoms with E-state index in [2.05, 4.69) is 36.1 Å². The smallest absolute Gasteiger partial charge is 0.242 e. The van der Waals surface area contributed by atoms with Gasteiger partial charge in [0.05, 0.1) is 6.54 Å². The standard InChI is InChI=1S/C22H32N2O2/c1-2-14-24(20-13-12-18-9-6-7-10-19(18)16-20)22(26)17-23-15-8-4-3-5-11-21(23)25/h6-7,9-10,20H,2-5,8,11-17H2,1H3. The molecule has 0 aromatic heterocycles. The Hall–Kier alpha value is -1.84. The van der Waals surface area contributed by atoms with E-state index in [4.69, 9.17) is 0 Å². The molecule has 1 aliphatic heterocycles. The summed E-state index contributed by atoms with van der Waals surface area (Å²) in [6.45, 7) is 3.90. The van der Waals surface area contributed by atoms with Crippen LogP contribution >= 0.6 is 0 Å². The monoisotopic (exact) mass is 356 g/mol. The molecule has 1 aromatic carbocycles. The number of rotatable bonds is 5. The lowest BCUT2D eigenvalue weighted by Gasteiger charge is -2.36. The highest BCUT2D eigenvalue weighted by Gasteiger charge is 2.29. The van der Waals surface area contributed by atoms with E-state index in [1.165, 1.54) is 11.1 Å². The summed E-state index contributed by atoms with van der Waals surface area (Å²) in [5, 5.41) is 0. The number of likely N-dealkylation sites (tertiary alicyclic amines) is 1. The van der Waals surface area contributed by atoms with Crippen LogP contribution in [0, 0.1) is 0 Å². The van der Waals surface area contributed by atoms with Crippen LogP contribution in [0.15, 0.2) is 24.3 Å². The minimum absolute atomic E-state index is 0.130. The van der Waals surface area contributed by atoms with Gasteiger partial charge in [0.25, 0.3) is 0 Å². The van der Waals surface area contributed by atoms with Crippen LogP contribution in [0.4, 0.5) is 0 Å². The number of benzene rings is 1. The first-order chi connectivity index (χ1) is 12.7. The maximum atomic E-state index is 13.1. The number of carbonyl (C=O) groups excluding carboxylic acids is 2. The van der Waals surface area contributed by atoms with Crippen LogP contribution in [0.5, 0.6) is 0 Å². The summed E-state index contributed by atoms with van der Waals surface area (Å²) in [6.07, 6.45) is 8.83. The number of amides is 2. The Morgan fingerprint density at radius 2 is 1.88 bits per heavy atom. The predicted molar refractivity (Wildman–Crippen MR) is 104 cm³/mol. The Balaban J connectivity index is 1.67. The number of carbonyl (C=O) groups is 2. The van der Waals surface area contributed by atoms with Gasteiger partial charge in [0, 0.05) is 25.6 Å². The van der Waals surface area contributed by atoms with Crippen molar-refractivity contribution in [2.75, 3.05) is 19.6 Å². The first-order valence-electron chi connectivity index (χ1n) is 10.3. The molecule has 4 heteroatoms. The van der Waals surface area contributed by atoms with E-state index < -0.39 is 0 Å². The van der Waals surface area contributed by atoms with Crippen molar-refractivity contribution in [1.82, 2.24) is 9.80 Å². The molecule has 1 aliphatic carbocycles. The third-order valence-electron chi connectivity index (χ3n) is 5.79. The van der Waals surface area contributed by atoms with Crippen molar-refractivity contribution in [1.29, 1.82) is 0 Å². The zero-order chi connectivity index (χ0) is 18.4. The number of fused-ring (bicyclic) bond motifs is 1. The highest BCUT2D eigenvalue weighted by atomic mass is 16.2. The number of nitrogens with zero attached hydrogens (tertiary/aromatic N) is 2. The lowest BCUT2D eigenvalue weighted by atomic mass is 9.87. The van der Waals surface area contributed by atoms with Crippen molar-refractivity contribution in [2.45, 2.75) is 70.8 Å². The molecule has 0 bridgehead atoms. The van der Waals surface area contributed by atoms with Crippen molar-refractivity contribution in [3.8, 4) is 0 Å². The zero-order valence-corrected chi connectivity index (χ0v) is 16.1. The molecule has 1 atom stereocenters. The normalized spacial score (nSPS) is 20.9. The average molecular weight is 357 g/mol. The topological polar surface area (TPSA) is 40.6 Å². The molecule has 0 spiro atoms. The molecular weight excluding hydrogens is 324 g/mol. The van der Waals surface area contributed by atoms with E-state index in [1.54, 1.807) is 4.90 Å². The number of aryl methyl sites for hydroxylation is 1. The van der Waals surface area contributed by atoms with Crippen LogP contribution in [0.25, 0.3) is 0 Å². The van der Waals surface area contributed by atoms with Gasteiger partial charge in [-0.1, -0.05) is 44.0 Å². The van der Waals surface area contributed by atoms with Crippen molar-refractivity contribution >= 4 is 11.8 Å². The molecule has 26 heavy (non-hydrogen) atoms. The third kappa shape index (κ3) is 4.66. The van der Waals surface area contributed by atoms with Crippen molar-refractivity contribution < 1.29 is 9.59 Å². The lowest BCUT2D eigenvalue weighted by Crippen LogP contribution is -2.49. The maximum Gasteiger partial charge on any atom is 0.242 e. The molecule has 1 fully saturated rings. The summed E-state index contributed by atoms with van der Waals surface area (Å²) in [5.74, 6) is 0.286. The van der Waals surface area contributed by atoms with Gasteiger partial charge in [0.1, 0.15) is 0 Å². The van der Waals surface area contributed by atoms with E-state index in [-0.39, 0.29) is 24.4 Å². The molecule has 1 unspecified atom stereocenters. The molecule has 1 heterocycles. The van der Waals surface area contributed by atoms with Gasteiger partial charge in [-0.25, -0.2) is 0 Å². The Bertz CT molecular complexity index is 628. The molecule has 0 radical (unpaired) electrons. The van der Waals surface area contributed by atoms with Gasteiger partial charge in [0.2, 0.25) is 11.8 Å². The fraction of sp³-hybridized carbons (Fsp3) is 0.636.